The van der Waals surface area contributed by atoms with Gasteiger partial charge in [-0.1, -0.05) is 0 Å². The van der Waals surface area contributed by atoms with E-state index in [1.165, 1.54) is 0 Å². The molecule has 0 fully saturated rings. The van der Waals surface area contributed by atoms with Crippen molar-refractivity contribution in [1.29, 1.82) is 0 Å². The molecule has 2 nitrogen and oxygen atoms in total. The SMILES string of the molecule is Cc1cn(C)c2ncc(C(F)(F)F)cc12. The van der Waals surface area contributed by atoms with Crippen LogP contribution in [0.1, 0.15) is 11.1 Å². The Morgan fingerprint density at radius 3 is 2.60 bits per heavy atom. The normalized spacial score (nSPS) is 12.3. The molecule has 0 N–H and O–H groups in total. The van der Waals surface area contributed by atoms with Gasteiger partial charge < -0.3 is 4.57 Å². The molecule has 2 rings (SSSR count). The molecule has 0 radical (unpaired) electrons. The van der Waals surface area contributed by atoms with Crippen LogP contribution in [0.2, 0.25) is 0 Å². The molecule has 0 saturated heterocycles. The Morgan fingerprint density at radius 2 is 2.00 bits per heavy atom. The summed E-state index contributed by atoms with van der Waals surface area (Å²) in [5, 5.41) is 0.548. The molecular weight excluding hydrogens is 205 g/mol. The molecule has 0 unspecified atom stereocenters. The molecule has 80 valence electrons. The predicted octanol–water partition coefficient (Wildman–Crippen LogP) is 2.90. The number of nitrogens with zero attached hydrogens (tertiary/aromatic N) is 2. The van der Waals surface area contributed by atoms with Crippen LogP contribution in [0.5, 0.6) is 0 Å². The van der Waals surface area contributed by atoms with E-state index in [4.69, 9.17) is 0 Å². The third kappa shape index (κ3) is 1.58. The van der Waals surface area contributed by atoms with Crippen LogP contribution in [0.4, 0.5) is 13.2 Å². The van der Waals surface area contributed by atoms with Gasteiger partial charge in [0.25, 0.3) is 0 Å². The lowest BCUT2D eigenvalue weighted by Gasteiger charge is -2.05. The van der Waals surface area contributed by atoms with E-state index in [2.05, 4.69) is 4.98 Å². The Labute approximate surface area is 84.3 Å². The summed E-state index contributed by atoms with van der Waals surface area (Å²) in [4.78, 5) is 3.81. The lowest BCUT2D eigenvalue weighted by atomic mass is 10.2. The standard InChI is InChI=1S/C10H9F3N2/c1-6-5-15(2)9-8(6)3-7(4-14-9)10(11,12)13/h3-5H,1-2H3. The van der Waals surface area contributed by atoms with Gasteiger partial charge in [0.15, 0.2) is 0 Å². The Bertz CT molecular complexity index is 511. The minimum atomic E-state index is -4.33. The van der Waals surface area contributed by atoms with Crippen molar-refractivity contribution in [2.75, 3.05) is 0 Å². The van der Waals surface area contributed by atoms with Crippen LogP contribution in [-0.2, 0) is 13.2 Å². The second kappa shape index (κ2) is 2.98. The monoisotopic (exact) mass is 214 g/mol. The van der Waals surface area contributed by atoms with Crippen LogP contribution in [0.3, 0.4) is 0 Å². The topological polar surface area (TPSA) is 17.8 Å². The third-order valence-corrected chi connectivity index (χ3v) is 2.34. The minimum Gasteiger partial charge on any atom is -0.335 e. The molecule has 0 aliphatic carbocycles. The first-order chi connectivity index (χ1) is 6.89. The molecule has 2 aromatic heterocycles. The molecule has 0 spiro atoms. The molecule has 0 aromatic carbocycles. The van der Waals surface area contributed by atoms with Crippen molar-refractivity contribution >= 4 is 11.0 Å². The van der Waals surface area contributed by atoms with Gasteiger partial charge in [-0.05, 0) is 18.6 Å². The van der Waals surface area contributed by atoms with Gasteiger partial charge in [-0.3, -0.25) is 0 Å². The van der Waals surface area contributed by atoms with Crippen LogP contribution >= 0.6 is 0 Å². The van der Waals surface area contributed by atoms with Crippen LogP contribution < -0.4 is 0 Å². The molecule has 0 bridgehead atoms. The summed E-state index contributed by atoms with van der Waals surface area (Å²) in [5.41, 5.74) is 0.663. The maximum atomic E-state index is 12.4. The van der Waals surface area contributed by atoms with Gasteiger partial charge in [-0.2, -0.15) is 13.2 Å². The molecule has 0 aliphatic heterocycles. The zero-order chi connectivity index (χ0) is 11.2. The second-order valence-corrected chi connectivity index (χ2v) is 3.52. The Kier molecular flexibility index (Phi) is 1.99. The van der Waals surface area contributed by atoms with Crippen molar-refractivity contribution in [1.82, 2.24) is 9.55 Å². The summed E-state index contributed by atoms with van der Waals surface area (Å²) in [6, 6.07) is 1.14. The van der Waals surface area contributed by atoms with E-state index in [1.807, 2.05) is 0 Å². The maximum Gasteiger partial charge on any atom is 0.417 e. The van der Waals surface area contributed by atoms with E-state index >= 15 is 0 Å². The van der Waals surface area contributed by atoms with E-state index in [9.17, 15) is 13.2 Å². The van der Waals surface area contributed by atoms with Gasteiger partial charge in [0, 0.05) is 24.8 Å². The minimum absolute atomic E-state index is 0.548. The van der Waals surface area contributed by atoms with Gasteiger partial charge in [0.1, 0.15) is 5.65 Å². The third-order valence-electron chi connectivity index (χ3n) is 2.34. The molecule has 15 heavy (non-hydrogen) atoms. The van der Waals surface area contributed by atoms with E-state index in [0.29, 0.717) is 11.0 Å². The van der Waals surface area contributed by atoms with Crippen LogP contribution in [0, 0.1) is 6.92 Å². The maximum absolute atomic E-state index is 12.4. The molecule has 0 amide bonds. The molecular formula is C10H9F3N2. The van der Waals surface area contributed by atoms with Crippen molar-refractivity contribution in [2.45, 2.75) is 13.1 Å². The first kappa shape index (κ1) is 10.0. The highest BCUT2D eigenvalue weighted by molar-refractivity contribution is 5.80. The number of halogens is 3. The summed E-state index contributed by atoms with van der Waals surface area (Å²) in [6.07, 6.45) is -1.71. The van der Waals surface area contributed by atoms with Crippen LogP contribution in [0.15, 0.2) is 18.5 Å². The average molecular weight is 214 g/mol. The highest BCUT2D eigenvalue weighted by Crippen LogP contribution is 2.31. The number of pyridine rings is 1. The number of aryl methyl sites for hydroxylation is 2. The smallest absolute Gasteiger partial charge is 0.335 e. The van der Waals surface area contributed by atoms with Gasteiger partial charge >= 0.3 is 6.18 Å². The first-order valence-electron chi connectivity index (χ1n) is 4.38. The van der Waals surface area contributed by atoms with Crippen molar-refractivity contribution < 1.29 is 13.2 Å². The second-order valence-electron chi connectivity index (χ2n) is 3.52. The van der Waals surface area contributed by atoms with Crippen molar-refractivity contribution in [3.8, 4) is 0 Å². The summed E-state index contributed by atoms with van der Waals surface area (Å²) < 4.78 is 38.9. The molecule has 0 atom stereocenters. The highest BCUT2D eigenvalue weighted by atomic mass is 19.4. The molecule has 5 heteroatoms. The quantitative estimate of drug-likeness (QED) is 0.659. The number of fused-ring (bicyclic) bond motifs is 1. The molecule has 2 aromatic rings. The van der Waals surface area contributed by atoms with Crippen LogP contribution in [0.25, 0.3) is 11.0 Å². The summed E-state index contributed by atoms with van der Waals surface area (Å²) >= 11 is 0. The highest BCUT2D eigenvalue weighted by Gasteiger charge is 2.31. The van der Waals surface area contributed by atoms with Crippen molar-refractivity contribution in [3.05, 3.63) is 29.6 Å². The molecule has 0 saturated carbocycles. The fourth-order valence-corrected chi connectivity index (χ4v) is 1.60. The predicted molar refractivity (Wildman–Crippen MR) is 50.5 cm³/mol. The van der Waals surface area contributed by atoms with Crippen molar-refractivity contribution in [2.24, 2.45) is 7.05 Å². The molecule has 0 aliphatic rings. The Balaban J connectivity index is 2.71. The zero-order valence-electron chi connectivity index (χ0n) is 8.26. The number of hydrogen-bond acceptors (Lipinski definition) is 1. The largest absolute Gasteiger partial charge is 0.417 e. The summed E-state index contributed by atoms with van der Waals surface area (Å²) in [5.74, 6) is 0. The molecule has 2 heterocycles. The van der Waals surface area contributed by atoms with Gasteiger partial charge in [-0.25, -0.2) is 4.98 Å². The summed E-state index contributed by atoms with van der Waals surface area (Å²) in [7, 11) is 1.76. The van der Waals surface area contributed by atoms with Gasteiger partial charge in [-0.15, -0.1) is 0 Å². The fourth-order valence-electron chi connectivity index (χ4n) is 1.60. The van der Waals surface area contributed by atoms with E-state index in [1.54, 1.807) is 24.7 Å². The van der Waals surface area contributed by atoms with Crippen LogP contribution in [-0.4, -0.2) is 9.55 Å². The van der Waals surface area contributed by atoms with E-state index in [0.717, 1.165) is 17.8 Å². The Morgan fingerprint density at radius 1 is 1.33 bits per heavy atom. The average Bonchev–Trinajstić information content (AvgIpc) is 2.41. The lowest BCUT2D eigenvalue weighted by Crippen LogP contribution is -2.05. The fraction of sp³-hybridized carbons (Fsp3) is 0.300. The van der Waals surface area contributed by atoms with Gasteiger partial charge in [0.05, 0.1) is 5.56 Å². The number of aromatic nitrogens is 2. The van der Waals surface area contributed by atoms with Crippen molar-refractivity contribution in [3.63, 3.8) is 0 Å². The number of hydrogen-bond donors (Lipinski definition) is 0. The summed E-state index contributed by atoms with van der Waals surface area (Å²) in [6.45, 7) is 1.77. The van der Waals surface area contributed by atoms with E-state index in [-0.39, 0.29) is 0 Å². The van der Waals surface area contributed by atoms with Gasteiger partial charge in [0.2, 0.25) is 0 Å². The Hall–Kier alpha value is -1.52. The number of rotatable bonds is 0. The van der Waals surface area contributed by atoms with E-state index < -0.39 is 11.7 Å². The number of alkyl halides is 3. The first-order valence-corrected chi connectivity index (χ1v) is 4.38. The zero-order valence-corrected chi connectivity index (χ0v) is 8.26. The lowest BCUT2D eigenvalue weighted by molar-refractivity contribution is -0.137.